The van der Waals surface area contributed by atoms with Gasteiger partial charge in [0.05, 0.1) is 18.2 Å². The number of nitrogens with one attached hydrogen (secondary N) is 1. The Hall–Kier alpha value is -1.90. The van der Waals surface area contributed by atoms with Crippen LogP contribution in [0.3, 0.4) is 0 Å². The smallest absolute Gasteiger partial charge is 0.321 e. The average Bonchev–Trinajstić information content (AvgIpc) is 2.76. The van der Waals surface area contributed by atoms with Gasteiger partial charge < -0.3 is 14.6 Å². The highest BCUT2D eigenvalue weighted by Crippen LogP contribution is 2.15. The average molecular weight is 334 g/mol. The fraction of sp³-hybridized carbons (Fsp3) is 0.400. The molecule has 0 aliphatic heterocycles. The summed E-state index contributed by atoms with van der Waals surface area (Å²) >= 11 is 3.05. The molecule has 1 atom stereocenters. The fourth-order valence-electron chi connectivity index (χ4n) is 1.36. The minimum absolute atomic E-state index is 0.0183. The lowest BCUT2D eigenvalue weighted by molar-refractivity contribution is -0.384. The van der Waals surface area contributed by atoms with E-state index in [9.17, 15) is 19.7 Å². The second-order valence-electron chi connectivity index (χ2n) is 3.65. The number of amides is 1. The fourth-order valence-corrected chi connectivity index (χ4v) is 1.71. The molecule has 0 spiro atoms. The Balaban J connectivity index is 2.68. The first-order chi connectivity index (χ1) is 8.86. The van der Waals surface area contributed by atoms with Crippen molar-refractivity contribution in [1.29, 1.82) is 0 Å². The molecular weight excluding hydrogens is 322 g/mol. The van der Waals surface area contributed by atoms with Gasteiger partial charge in [0.1, 0.15) is 10.5 Å². The van der Waals surface area contributed by atoms with E-state index < -0.39 is 21.6 Å². The van der Waals surface area contributed by atoms with E-state index in [-0.39, 0.29) is 17.9 Å². The quantitative estimate of drug-likeness (QED) is 0.368. The third-order valence-electron chi connectivity index (χ3n) is 2.33. The van der Waals surface area contributed by atoms with Crippen LogP contribution in [0.1, 0.15) is 10.5 Å². The molecule has 104 valence electrons. The SMILES string of the molecule is COC(=O)C(Br)CNC(=O)c1cc([N+](=O)[O-])cn1C. The summed E-state index contributed by atoms with van der Waals surface area (Å²) in [4.78, 5) is 32.2. The molecule has 0 radical (unpaired) electrons. The van der Waals surface area contributed by atoms with Gasteiger partial charge in [0.25, 0.3) is 11.6 Å². The lowest BCUT2D eigenvalue weighted by atomic mass is 10.3. The van der Waals surface area contributed by atoms with E-state index in [0.29, 0.717) is 0 Å². The van der Waals surface area contributed by atoms with Gasteiger partial charge in [-0.15, -0.1) is 0 Å². The molecule has 1 rings (SSSR count). The molecule has 1 aromatic rings. The van der Waals surface area contributed by atoms with E-state index in [0.717, 1.165) is 6.07 Å². The van der Waals surface area contributed by atoms with E-state index >= 15 is 0 Å². The molecule has 1 unspecified atom stereocenters. The number of methoxy groups -OCH3 is 1. The summed E-state index contributed by atoms with van der Waals surface area (Å²) in [6.45, 7) is 0.0183. The Labute approximate surface area is 117 Å². The van der Waals surface area contributed by atoms with Crippen LogP contribution in [0, 0.1) is 10.1 Å². The minimum Gasteiger partial charge on any atom is -0.468 e. The van der Waals surface area contributed by atoms with Crippen LogP contribution in [-0.4, -0.2) is 39.8 Å². The maximum absolute atomic E-state index is 11.8. The summed E-state index contributed by atoms with van der Waals surface area (Å²) in [6.07, 6.45) is 1.24. The van der Waals surface area contributed by atoms with Crippen LogP contribution < -0.4 is 5.32 Å². The van der Waals surface area contributed by atoms with Crippen LogP contribution in [0.2, 0.25) is 0 Å². The van der Waals surface area contributed by atoms with Crippen LogP contribution in [0.15, 0.2) is 12.3 Å². The normalized spacial score (nSPS) is 11.7. The molecule has 0 fully saturated rings. The van der Waals surface area contributed by atoms with E-state index in [2.05, 4.69) is 26.0 Å². The number of hydrogen-bond acceptors (Lipinski definition) is 5. The van der Waals surface area contributed by atoms with Crippen LogP contribution in [-0.2, 0) is 16.6 Å². The molecule has 0 aromatic carbocycles. The van der Waals surface area contributed by atoms with Gasteiger partial charge in [0, 0.05) is 19.7 Å². The van der Waals surface area contributed by atoms with Gasteiger partial charge in [-0.05, 0) is 0 Å². The van der Waals surface area contributed by atoms with E-state index in [1.807, 2.05) is 0 Å². The summed E-state index contributed by atoms with van der Waals surface area (Å²) in [5.41, 5.74) is -0.0349. The minimum atomic E-state index is -0.670. The molecule has 0 saturated carbocycles. The number of esters is 1. The molecular formula is C10H12BrN3O5. The zero-order valence-corrected chi connectivity index (χ0v) is 11.8. The number of nitrogens with zero attached hydrogens (tertiary/aromatic N) is 2. The molecule has 8 nitrogen and oxygen atoms in total. The van der Waals surface area contributed by atoms with Crippen molar-refractivity contribution in [1.82, 2.24) is 9.88 Å². The summed E-state index contributed by atoms with van der Waals surface area (Å²) in [5.74, 6) is -1.03. The van der Waals surface area contributed by atoms with Crippen LogP contribution in [0.4, 0.5) is 5.69 Å². The first-order valence-corrected chi connectivity index (χ1v) is 6.09. The molecule has 9 heteroatoms. The second kappa shape index (κ2) is 6.32. The first kappa shape index (κ1) is 15.2. The van der Waals surface area contributed by atoms with Crippen molar-refractivity contribution in [3.05, 3.63) is 28.1 Å². The van der Waals surface area contributed by atoms with Crippen LogP contribution in [0.5, 0.6) is 0 Å². The van der Waals surface area contributed by atoms with Gasteiger partial charge in [0.15, 0.2) is 0 Å². The van der Waals surface area contributed by atoms with Crippen molar-refractivity contribution in [2.45, 2.75) is 4.83 Å². The number of nitro groups is 1. The Bertz CT molecular complexity index is 513. The lowest BCUT2D eigenvalue weighted by Crippen LogP contribution is -2.34. The molecule has 1 amide bonds. The van der Waals surface area contributed by atoms with Crippen molar-refractivity contribution in [2.24, 2.45) is 7.05 Å². The Morgan fingerprint density at radius 1 is 1.63 bits per heavy atom. The highest BCUT2D eigenvalue weighted by atomic mass is 79.9. The number of halogens is 1. The molecule has 1 heterocycles. The lowest BCUT2D eigenvalue weighted by Gasteiger charge is -2.09. The standard InChI is InChI=1S/C10H12BrN3O5/c1-13-5-6(14(17)18)3-8(13)9(15)12-4-7(11)10(16)19-2/h3,5,7H,4H2,1-2H3,(H,12,15). The molecule has 19 heavy (non-hydrogen) atoms. The molecule has 1 aromatic heterocycles. The summed E-state index contributed by atoms with van der Waals surface area (Å²) in [7, 11) is 2.76. The first-order valence-electron chi connectivity index (χ1n) is 5.17. The highest BCUT2D eigenvalue weighted by Gasteiger charge is 2.20. The molecule has 0 aliphatic rings. The van der Waals surface area contributed by atoms with Crippen molar-refractivity contribution >= 4 is 33.5 Å². The summed E-state index contributed by atoms with van der Waals surface area (Å²) in [5, 5.41) is 13.1. The number of carbonyl (C=O) groups is 2. The zero-order chi connectivity index (χ0) is 14.6. The monoisotopic (exact) mass is 333 g/mol. The van der Waals surface area contributed by atoms with Gasteiger partial charge in [-0.25, -0.2) is 0 Å². The van der Waals surface area contributed by atoms with Crippen LogP contribution >= 0.6 is 15.9 Å². The number of carbonyl (C=O) groups excluding carboxylic acids is 2. The molecule has 1 N–H and O–H groups in total. The second-order valence-corrected chi connectivity index (χ2v) is 4.76. The third kappa shape index (κ3) is 3.78. The summed E-state index contributed by atoms with van der Waals surface area (Å²) in [6, 6.07) is 1.16. The van der Waals surface area contributed by atoms with Crippen molar-refractivity contribution in [2.75, 3.05) is 13.7 Å². The third-order valence-corrected chi connectivity index (χ3v) is 3.03. The zero-order valence-electron chi connectivity index (χ0n) is 10.3. The van der Waals surface area contributed by atoms with Crippen LogP contribution in [0.25, 0.3) is 0 Å². The largest absolute Gasteiger partial charge is 0.468 e. The van der Waals surface area contributed by atoms with E-state index in [1.54, 1.807) is 0 Å². The molecule has 0 aliphatic carbocycles. The van der Waals surface area contributed by atoms with E-state index in [4.69, 9.17) is 0 Å². The number of hydrogen-bond donors (Lipinski definition) is 1. The topological polar surface area (TPSA) is 103 Å². The Kier molecular flexibility index (Phi) is 5.04. The Morgan fingerprint density at radius 3 is 2.74 bits per heavy atom. The van der Waals surface area contributed by atoms with Crippen molar-refractivity contribution in [3.8, 4) is 0 Å². The number of rotatable bonds is 5. The van der Waals surface area contributed by atoms with E-state index in [1.165, 1.54) is 24.9 Å². The van der Waals surface area contributed by atoms with Crippen molar-refractivity contribution < 1.29 is 19.2 Å². The number of alkyl halides is 1. The Morgan fingerprint density at radius 2 is 2.26 bits per heavy atom. The number of ether oxygens (including phenoxy) is 1. The highest BCUT2D eigenvalue weighted by molar-refractivity contribution is 9.10. The van der Waals surface area contributed by atoms with Gasteiger partial charge in [-0.1, -0.05) is 15.9 Å². The number of aromatic nitrogens is 1. The van der Waals surface area contributed by atoms with Gasteiger partial charge in [-0.2, -0.15) is 0 Å². The predicted octanol–water partition coefficient (Wildman–Crippen LogP) is 0.600. The molecule has 0 saturated heterocycles. The van der Waals surface area contributed by atoms with Gasteiger partial charge in [0.2, 0.25) is 0 Å². The van der Waals surface area contributed by atoms with Gasteiger partial charge in [-0.3, -0.25) is 19.7 Å². The van der Waals surface area contributed by atoms with Gasteiger partial charge >= 0.3 is 5.97 Å². The maximum Gasteiger partial charge on any atom is 0.321 e. The van der Waals surface area contributed by atoms with Crippen molar-refractivity contribution in [3.63, 3.8) is 0 Å². The summed E-state index contributed by atoms with van der Waals surface area (Å²) < 4.78 is 5.82. The maximum atomic E-state index is 11.8. The predicted molar refractivity (Wildman–Crippen MR) is 69.1 cm³/mol. The number of aryl methyl sites for hydroxylation is 1. The molecule has 0 bridgehead atoms.